The van der Waals surface area contributed by atoms with Crippen molar-refractivity contribution in [3.8, 4) is 6.07 Å². The molecule has 0 atom stereocenters. The zero-order chi connectivity index (χ0) is 14.6. The zero-order valence-corrected chi connectivity index (χ0v) is 13.8. The Balaban J connectivity index is 1.92. The van der Waals surface area contributed by atoms with Crippen LogP contribution in [0, 0.1) is 11.3 Å². The molecule has 0 spiro atoms. The molecule has 0 aliphatic carbocycles. The summed E-state index contributed by atoms with van der Waals surface area (Å²) in [4.78, 5) is 0. The monoisotopic (exact) mass is 307 g/mol. The molecule has 1 aliphatic heterocycles. The van der Waals surface area contributed by atoms with Gasteiger partial charge < -0.3 is 4.74 Å². The normalized spacial score (nSPS) is 16.8. The van der Waals surface area contributed by atoms with Crippen LogP contribution >= 0.6 is 24.4 Å². The number of thioether (sulfide) groups is 1. The largest absolute Gasteiger partial charge is 0.378 e. The molecule has 1 aromatic carbocycles. The predicted octanol–water partition coefficient (Wildman–Crippen LogP) is 3.66. The van der Waals surface area contributed by atoms with Crippen LogP contribution in [0.2, 0.25) is 0 Å². The summed E-state index contributed by atoms with van der Waals surface area (Å²) < 4.78 is 5.29. The summed E-state index contributed by atoms with van der Waals surface area (Å²) >= 11 is 6.55. The van der Waals surface area contributed by atoms with Gasteiger partial charge in [-0.25, -0.2) is 0 Å². The fraction of sp³-hybridized carbons (Fsp3) is 0.562. The summed E-state index contributed by atoms with van der Waals surface area (Å²) in [6, 6.07) is 8.29. The van der Waals surface area contributed by atoms with Gasteiger partial charge >= 0.3 is 0 Å². The lowest BCUT2D eigenvalue weighted by atomic mass is 9.94. The summed E-state index contributed by atoms with van der Waals surface area (Å²) in [7, 11) is 0. The van der Waals surface area contributed by atoms with Crippen molar-refractivity contribution in [2.75, 3.05) is 24.7 Å². The third-order valence-corrected chi connectivity index (χ3v) is 5.40. The van der Waals surface area contributed by atoms with Gasteiger partial charge in [-0.05, 0) is 41.4 Å². The van der Waals surface area contributed by atoms with Crippen LogP contribution in [0.15, 0.2) is 18.2 Å². The number of hydrogen-bond acceptors (Lipinski definition) is 4. The summed E-state index contributed by atoms with van der Waals surface area (Å²) in [6.45, 7) is 5.94. The highest BCUT2D eigenvalue weighted by Gasteiger charge is 2.34. The van der Waals surface area contributed by atoms with Crippen LogP contribution in [0.25, 0.3) is 0 Å². The van der Waals surface area contributed by atoms with Crippen molar-refractivity contribution in [2.45, 2.75) is 30.9 Å². The molecule has 0 unspecified atom stereocenters. The first kappa shape index (κ1) is 15.8. The van der Waals surface area contributed by atoms with E-state index in [1.54, 1.807) is 0 Å². The quantitative estimate of drug-likeness (QED) is 0.643. The Hall–Kier alpha value is -0.630. The van der Waals surface area contributed by atoms with Gasteiger partial charge in [-0.1, -0.05) is 19.9 Å². The Morgan fingerprint density at radius 1 is 1.45 bits per heavy atom. The van der Waals surface area contributed by atoms with Crippen LogP contribution in [0.5, 0.6) is 0 Å². The first-order valence-electron chi connectivity index (χ1n) is 6.95. The highest BCUT2D eigenvalue weighted by atomic mass is 32.2. The second-order valence-corrected chi connectivity index (χ2v) is 7.75. The topological polar surface area (TPSA) is 33.0 Å². The summed E-state index contributed by atoms with van der Waals surface area (Å²) in [5.41, 5.74) is 3.43. The van der Waals surface area contributed by atoms with Gasteiger partial charge in [0.2, 0.25) is 0 Å². The molecule has 20 heavy (non-hydrogen) atoms. The van der Waals surface area contributed by atoms with Crippen molar-refractivity contribution in [2.24, 2.45) is 0 Å². The fourth-order valence-corrected chi connectivity index (χ4v) is 3.83. The smallest absolute Gasteiger partial charge is 0.0991 e. The summed E-state index contributed by atoms with van der Waals surface area (Å²) in [5, 5.41) is 9.03. The molecule has 108 valence electrons. The maximum atomic E-state index is 9.03. The van der Waals surface area contributed by atoms with E-state index in [2.05, 4.69) is 38.6 Å². The predicted molar refractivity (Wildman–Crippen MR) is 88.8 cm³/mol. The van der Waals surface area contributed by atoms with E-state index in [4.69, 9.17) is 10.00 Å². The number of nitriles is 1. The second kappa shape index (κ2) is 6.89. The third kappa shape index (κ3) is 3.94. The fourth-order valence-electron chi connectivity index (χ4n) is 2.32. The Bertz CT molecular complexity index is 504. The molecule has 0 bridgehead atoms. The lowest BCUT2D eigenvalue weighted by molar-refractivity contribution is 0.00321. The van der Waals surface area contributed by atoms with E-state index in [1.165, 1.54) is 11.1 Å². The molecule has 1 heterocycles. The molecule has 1 saturated heterocycles. The summed E-state index contributed by atoms with van der Waals surface area (Å²) in [6.07, 6.45) is 1.01. The van der Waals surface area contributed by atoms with E-state index in [9.17, 15) is 0 Å². The first-order valence-corrected chi connectivity index (χ1v) is 8.55. The van der Waals surface area contributed by atoms with E-state index in [0.29, 0.717) is 5.92 Å². The number of nitrogens with zero attached hydrogens (tertiary/aromatic N) is 1. The molecule has 2 rings (SSSR count). The second-order valence-electron chi connectivity index (χ2n) is 5.70. The molecule has 4 heteroatoms. The molecule has 1 aliphatic rings. The number of thiol groups is 1. The van der Waals surface area contributed by atoms with Crippen LogP contribution in [-0.2, 0) is 11.2 Å². The van der Waals surface area contributed by atoms with Crippen molar-refractivity contribution in [1.29, 1.82) is 5.26 Å². The Morgan fingerprint density at radius 3 is 2.75 bits per heavy atom. The zero-order valence-electron chi connectivity index (χ0n) is 12.1. The number of hydrogen-bond donors (Lipinski definition) is 1. The number of rotatable bonds is 6. The molecule has 2 nitrogen and oxygen atoms in total. The van der Waals surface area contributed by atoms with E-state index in [-0.39, 0.29) is 4.75 Å². The van der Waals surface area contributed by atoms with Gasteiger partial charge in [0.1, 0.15) is 0 Å². The van der Waals surface area contributed by atoms with Gasteiger partial charge in [0.05, 0.1) is 29.6 Å². The molecule has 0 radical (unpaired) electrons. The van der Waals surface area contributed by atoms with Crippen LogP contribution in [-0.4, -0.2) is 29.5 Å². The van der Waals surface area contributed by atoms with Gasteiger partial charge in [-0.3, -0.25) is 0 Å². The van der Waals surface area contributed by atoms with E-state index in [1.807, 2.05) is 23.9 Å². The maximum absolute atomic E-state index is 9.03. The lowest BCUT2D eigenvalue weighted by Gasteiger charge is -2.36. The molecule has 1 aromatic rings. The van der Waals surface area contributed by atoms with Gasteiger partial charge in [0.15, 0.2) is 0 Å². The van der Waals surface area contributed by atoms with Gasteiger partial charge in [0, 0.05) is 5.75 Å². The minimum Gasteiger partial charge on any atom is -0.378 e. The van der Waals surface area contributed by atoms with Crippen LogP contribution in [0.3, 0.4) is 0 Å². The van der Waals surface area contributed by atoms with Crippen molar-refractivity contribution in [3.63, 3.8) is 0 Å². The molecular weight excluding hydrogens is 286 g/mol. The van der Waals surface area contributed by atoms with Crippen molar-refractivity contribution >= 4 is 24.4 Å². The minimum absolute atomic E-state index is 0.0834. The number of benzene rings is 1. The Morgan fingerprint density at radius 2 is 2.20 bits per heavy atom. The van der Waals surface area contributed by atoms with Gasteiger partial charge in [-0.2, -0.15) is 29.7 Å². The average Bonchev–Trinajstić information content (AvgIpc) is 2.41. The van der Waals surface area contributed by atoms with Crippen molar-refractivity contribution in [1.82, 2.24) is 0 Å². The first-order chi connectivity index (χ1) is 9.54. The number of aryl methyl sites for hydroxylation is 1. The summed E-state index contributed by atoms with van der Waals surface area (Å²) in [5.74, 6) is 2.60. The molecule has 0 N–H and O–H groups in total. The highest BCUT2D eigenvalue weighted by Crippen LogP contribution is 2.29. The Labute approximate surface area is 131 Å². The van der Waals surface area contributed by atoms with Crippen LogP contribution in [0.4, 0.5) is 0 Å². The van der Waals surface area contributed by atoms with E-state index < -0.39 is 0 Å². The van der Waals surface area contributed by atoms with E-state index >= 15 is 0 Å². The molecular formula is C16H21NOS2. The number of ether oxygens (including phenoxy) is 1. The van der Waals surface area contributed by atoms with Crippen molar-refractivity contribution < 1.29 is 4.74 Å². The van der Waals surface area contributed by atoms with Gasteiger partial charge in [0.25, 0.3) is 0 Å². The van der Waals surface area contributed by atoms with Crippen LogP contribution in [0.1, 0.15) is 36.5 Å². The molecule has 0 amide bonds. The molecule has 0 aromatic heterocycles. The Kier molecular flexibility index (Phi) is 5.42. The van der Waals surface area contributed by atoms with Crippen LogP contribution < -0.4 is 0 Å². The van der Waals surface area contributed by atoms with E-state index in [0.717, 1.165) is 36.7 Å². The maximum Gasteiger partial charge on any atom is 0.0991 e. The van der Waals surface area contributed by atoms with Gasteiger partial charge in [-0.15, -0.1) is 0 Å². The molecule has 1 fully saturated rings. The molecule has 0 saturated carbocycles. The SMILES string of the molecule is CC(C)c1ccc(C#N)cc1CCSCC1(S)COC1. The standard InChI is InChI=1S/C16H21NOS2/c1-12(2)15-4-3-13(8-17)7-14(15)5-6-20-11-16(19)9-18-10-16/h3-4,7,12,19H,5-6,9-11H2,1-2H3. The average molecular weight is 307 g/mol. The van der Waals surface area contributed by atoms with Crippen molar-refractivity contribution in [3.05, 3.63) is 34.9 Å². The third-order valence-electron chi connectivity index (χ3n) is 3.52. The minimum atomic E-state index is 0.0834. The highest BCUT2D eigenvalue weighted by molar-refractivity contribution is 8.00. The lowest BCUT2D eigenvalue weighted by Crippen LogP contribution is -2.46.